The van der Waals surface area contributed by atoms with Crippen LogP contribution >= 0.6 is 0 Å². The van der Waals surface area contributed by atoms with E-state index in [1.807, 2.05) is 58.0 Å². The Balaban J connectivity index is 2.98. The van der Waals surface area contributed by atoms with Crippen LogP contribution in [-0.2, 0) is 49.5 Å². The summed E-state index contributed by atoms with van der Waals surface area (Å²) in [6, 6.07) is 5.63. The molecule has 0 bridgehead atoms. The van der Waals surface area contributed by atoms with Crippen LogP contribution in [0.4, 0.5) is 0 Å². The molecule has 0 aromatic heterocycles. The van der Waals surface area contributed by atoms with Crippen LogP contribution in [0.25, 0.3) is 0 Å². The maximum atomic E-state index is 13.5. The molecule has 0 saturated carbocycles. The lowest BCUT2D eigenvalue weighted by molar-refractivity contribution is -0.138. The standard InChI is InChI=1S/C43H68N6O10/c1-9-16-58-26-35(22-40(53)46-33(18-28(3)4)24-43(56)57)48-38(51)19-30(7)44-39(52)21-34(20-32-14-12-11-13-15-32)47-41(54)23-36(27-59-17-10-2)49-42(55)25-37(29(5)6)45-31(8)50/h9-15,28-30,33-37H,1-2,16-27H2,3-8H3,(H,44,52)(H,45,50)(H,46,53)(H,47,54)(H,48,51)(H,49,55)(H,56,57)/t30-,33+,34-,35+,36+,37+/m0/s1. The summed E-state index contributed by atoms with van der Waals surface area (Å²) in [4.78, 5) is 88.9. The van der Waals surface area contributed by atoms with Gasteiger partial charge in [0.2, 0.25) is 35.4 Å². The van der Waals surface area contributed by atoms with Crippen LogP contribution < -0.4 is 31.9 Å². The predicted octanol–water partition coefficient (Wildman–Crippen LogP) is 2.71. The number of carboxylic acids is 1. The molecule has 1 rings (SSSR count). The Morgan fingerprint density at radius 1 is 0.610 bits per heavy atom. The SMILES string of the molecule is C=CCOC[C@@H](CC(=O)N[C@@H](CC(=O)O)CC(C)C)NC(=O)C[C@H](C)NC(=O)C[C@H](Cc1ccccc1)NC(=O)C[C@H](COCC=C)NC(=O)C[C@@H](NC(C)=O)C(C)C. The highest BCUT2D eigenvalue weighted by molar-refractivity contribution is 5.83. The summed E-state index contributed by atoms with van der Waals surface area (Å²) in [7, 11) is 0. The number of aliphatic carboxylic acids is 1. The average Bonchev–Trinajstić information content (AvgIpc) is 3.10. The van der Waals surface area contributed by atoms with Gasteiger partial charge in [0, 0.05) is 63.2 Å². The molecule has 0 heterocycles. The van der Waals surface area contributed by atoms with E-state index in [0.29, 0.717) is 12.8 Å². The van der Waals surface area contributed by atoms with Crippen LogP contribution in [0, 0.1) is 11.8 Å². The van der Waals surface area contributed by atoms with Crippen molar-refractivity contribution < 1.29 is 48.1 Å². The van der Waals surface area contributed by atoms with Gasteiger partial charge in [0.15, 0.2) is 0 Å². The number of carboxylic acid groups (broad SMARTS) is 1. The highest BCUT2D eigenvalue weighted by atomic mass is 16.5. The second-order valence-corrected chi connectivity index (χ2v) is 15.7. The summed E-state index contributed by atoms with van der Waals surface area (Å²) in [5, 5.41) is 26.2. The van der Waals surface area contributed by atoms with Crippen molar-refractivity contribution in [1.29, 1.82) is 0 Å². The average molecular weight is 829 g/mol. The third kappa shape index (κ3) is 25.8. The predicted molar refractivity (Wildman–Crippen MR) is 225 cm³/mol. The fourth-order valence-corrected chi connectivity index (χ4v) is 6.33. The first-order valence-electron chi connectivity index (χ1n) is 20.3. The monoisotopic (exact) mass is 828 g/mol. The fraction of sp³-hybridized carbons (Fsp3) is 0.605. The number of carbonyl (C=O) groups excluding carboxylic acids is 6. The van der Waals surface area contributed by atoms with Crippen molar-refractivity contribution in [2.75, 3.05) is 26.4 Å². The van der Waals surface area contributed by atoms with Gasteiger partial charge in [0.05, 0.1) is 44.9 Å². The maximum Gasteiger partial charge on any atom is 0.305 e. The van der Waals surface area contributed by atoms with E-state index in [9.17, 15) is 38.7 Å². The van der Waals surface area contributed by atoms with Crippen molar-refractivity contribution in [3.63, 3.8) is 0 Å². The van der Waals surface area contributed by atoms with Gasteiger partial charge in [-0.25, -0.2) is 0 Å². The van der Waals surface area contributed by atoms with Crippen molar-refractivity contribution >= 4 is 41.4 Å². The Hall–Kier alpha value is -5.09. The summed E-state index contributed by atoms with van der Waals surface area (Å²) in [6.07, 6.45) is 3.12. The van der Waals surface area contributed by atoms with E-state index < -0.39 is 65.8 Å². The normalized spacial score (nSPS) is 14.1. The highest BCUT2D eigenvalue weighted by Gasteiger charge is 2.26. The van der Waals surface area contributed by atoms with Gasteiger partial charge < -0.3 is 46.5 Å². The Morgan fingerprint density at radius 3 is 1.54 bits per heavy atom. The second kappa shape index (κ2) is 29.2. The number of rotatable bonds is 31. The molecule has 0 aliphatic carbocycles. The molecule has 0 aliphatic heterocycles. The first-order valence-corrected chi connectivity index (χ1v) is 20.3. The minimum Gasteiger partial charge on any atom is -0.481 e. The number of benzene rings is 1. The van der Waals surface area contributed by atoms with Gasteiger partial charge in [-0.2, -0.15) is 0 Å². The third-order valence-electron chi connectivity index (χ3n) is 8.86. The van der Waals surface area contributed by atoms with Crippen molar-refractivity contribution in [2.45, 2.75) is 129 Å². The summed E-state index contributed by atoms with van der Waals surface area (Å²) in [5.74, 6) is -3.22. The van der Waals surface area contributed by atoms with E-state index in [0.717, 1.165) is 5.56 Å². The van der Waals surface area contributed by atoms with Gasteiger partial charge in [-0.1, -0.05) is 70.2 Å². The van der Waals surface area contributed by atoms with E-state index in [1.54, 1.807) is 13.0 Å². The molecule has 59 heavy (non-hydrogen) atoms. The van der Waals surface area contributed by atoms with Crippen LogP contribution in [0.15, 0.2) is 55.6 Å². The molecule has 16 heteroatoms. The lowest BCUT2D eigenvalue weighted by Crippen LogP contribution is -2.48. The van der Waals surface area contributed by atoms with Crippen molar-refractivity contribution in [3.8, 4) is 0 Å². The van der Waals surface area contributed by atoms with Gasteiger partial charge in [0.25, 0.3) is 0 Å². The molecule has 1 aromatic rings. The molecular formula is C43H68N6O10. The first kappa shape index (κ1) is 51.9. The smallest absolute Gasteiger partial charge is 0.305 e. The van der Waals surface area contributed by atoms with Gasteiger partial charge in [-0.3, -0.25) is 33.6 Å². The van der Waals surface area contributed by atoms with E-state index in [1.165, 1.54) is 13.0 Å². The van der Waals surface area contributed by atoms with Crippen LogP contribution in [0.5, 0.6) is 0 Å². The summed E-state index contributed by atoms with van der Waals surface area (Å²) in [6.45, 7) is 18.3. The Labute approximate surface area is 349 Å². The molecule has 1 aromatic carbocycles. The minimum absolute atomic E-state index is 0.00101. The number of carbonyl (C=O) groups is 7. The molecule has 0 aliphatic rings. The van der Waals surface area contributed by atoms with Crippen LogP contribution in [0.2, 0.25) is 0 Å². The lowest BCUT2D eigenvalue weighted by Gasteiger charge is -2.25. The molecule has 6 amide bonds. The summed E-state index contributed by atoms with van der Waals surface area (Å²) in [5.41, 5.74) is 0.877. The van der Waals surface area contributed by atoms with Crippen LogP contribution in [-0.4, -0.2) is 109 Å². The minimum atomic E-state index is -1.03. The number of amides is 6. The first-order chi connectivity index (χ1) is 27.9. The van der Waals surface area contributed by atoms with E-state index in [4.69, 9.17) is 9.47 Å². The molecular weight excluding hydrogens is 761 g/mol. The lowest BCUT2D eigenvalue weighted by atomic mass is 10.00. The van der Waals surface area contributed by atoms with E-state index >= 15 is 0 Å². The zero-order chi connectivity index (χ0) is 44.3. The van der Waals surface area contributed by atoms with E-state index in [2.05, 4.69) is 45.1 Å². The maximum absolute atomic E-state index is 13.5. The quantitative estimate of drug-likeness (QED) is 0.0428. The number of hydrogen-bond donors (Lipinski definition) is 7. The molecule has 16 nitrogen and oxygen atoms in total. The van der Waals surface area contributed by atoms with Gasteiger partial charge in [-0.15, -0.1) is 13.2 Å². The Morgan fingerprint density at radius 2 is 1.07 bits per heavy atom. The third-order valence-corrected chi connectivity index (χ3v) is 8.86. The molecule has 6 atom stereocenters. The highest BCUT2D eigenvalue weighted by Crippen LogP contribution is 2.11. The Kier molecular flexibility index (Phi) is 25.7. The zero-order valence-corrected chi connectivity index (χ0v) is 35.7. The topological polar surface area (TPSA) is 230 Å². The summed E-state index contributed by atoms with van der Waals surface area (Å²) < 4.78 is 11.1. The molecule has 0 saturated heterocycles. The molecule has 330 valence electrons. The molecule has 0 spiro atoms. The largest absolute Gasteiger partial charge is 0.481 e. The number of nitrogens with one attached hydrogen (secondary N) is 6. The molecule has 0 unspecified atom stereocenters. The van der Waals surface area contributed by atoms with Crippen molar-refractivity contribution in [3.05, 3.63) is 61.2 Å². The molecule has 0 radical (unpaired) electrons. The Bertz CT molecular complexity index is 1500. The fourth-order valence-electron chi connectivity index (χ4n) is 6.33. The van der Waals surface area contributed by atoms with Crippen LogP contribution in [0.1, 0.15) is 92.1 Å². The molecule has 0 fully saturated rings. The number of hydrogen-bond acceptors (Lipinski definition) is 9. The van der Waals surface area contributed by atoms with Gasteiger partial charge in [-0.05, 0) is 37.2 Å². The second-order valence-electron chi connectivity index (χ2n) is 15.7. The van der Waals surface area contributed by atoms with Gasteiger partial charge in [0.1, 0.15) is 0 Å². The molecule has 7 N–H and O–H groups in total. The zero-order valence-electron chi connectivity index (χ0n) is 35.7. The summed E-state index contributed by atoms with van der Waals surface area (Å²) >= 11 is 0. The van der Waals surface area contributed by atoms with Crippen molar-refractivity contribution in [1.82, 2.24) is 31.9 Å². The van der Waals surface area contributed by atoms with E-state index in [-0.39, 0.29) is 88.6 Å². The van der Waals surface area contributed by atoms with Crippen molar-refractivity contribution in [2.24, 2.45) is 11.8 Å². The van der Waals surface area contributed by atoms with Crippen LogP contribution in [0.3, 0.4) is 0 Å². The van der Waals surface area contributed by atoms with Gasteiger partial charge >= 0.3 is 5.97 Å². The number of ether oxygens (including phenoxy) is 2.